The molecular formula is C16H36O3P+. The van der Waals surface area contributed by atoms with Crippen molar-refractivity contribution in [3.8, 4) is 0 Å². The second-order valence-electron chi connectivity index (χ2n) is 4.89. The molecule has 0 fully saturated rings. The molecule has 3 nitrogen and oxygen atoms in total. The summed E-state index contributed by atoms with van der Waals surface area (Å²) in [4.78, 5) is 0. The summed E-state index contributed by atoms with van der Waals surface area (Å²) in [6.07, 6.45) is 14.4. The molecule has 0 heterocycles. The van der Waals surface area contributed by atoms with Crippen LogP contribution >= 0.6 is 8.25 Å². The fraction of sp³-hybridized carbons (Fsp3) is 1.00. The van der Waals surface area contributed by atoms with Gasteiger partial charge in [0.15, 0.2) is 0 Å². The van der Waals surface area contributed by atoms with E-state index < -0.39 is 8.25 Å². The summed E-state index contributed by atoms with van der Waals surface area (Å²) in [5.74, 6) is 0. The van der Waals surface area contributed by atoms with E-state index in [1.54, 1.807) is 13.8 Å². The molecule has 20 heavy (non-hydrogen) atoms. The maximum atomic E-state index is 10.3. The van der Waals surface area contributed by atoms with E-state index in [4.69, 9.17) is 0 Å². The van der Waals surface area contributed by atoms with Crippen LogP contribution in [0.4, 0.5) is 0 Å². The first kappa shape index (κ1) is 22.3. The van der Waals surface area contributed by atoms with Gasteiger partial charge < -0.3 is 0 Å². The highest BCUT2D eigenvalue weighted by molar-refractivity contribution is 7.33. The molecule has 4 heteroatoms. The van der Waals surface area contributed by atoms with Crippen LogP contribution in [0.15, 0.2) is 0 Å². The largest absolute Gasteiger partial charge is 0.697 e. The Morgan fingerprint density at radius 1 is 0.600 bits per heavy atom. The Labute approximate surface area is 127 Å². The number of hydrogen-bond donors (Lipinski definition) is 0. The highest BCUT2D eigenvalue weighted by atomic mass is 31.1. The van der Waals surface area contributed by atoms with Crippen molar-refractivity contribution in [1.29, 1.82) is 0 Å². The summed E-state index contributed by atoms with van der Waals surface area (Å²) in [5.41, 5.74) is 0. The van der Waals surface area contributed by atoms with Gasteiger partial charge in [-0.15, -0.1) is 9.05 Å². The minimum absolute atomic E-state index is 0.440. The van der Waals surface area contributed by atoms with Gasteiger partial charge in [-0.2, -0.15) is 0 Å². The SMILES string of the molecule is CCCCCCCCCCCC.CCO[P+](=O)OCC. The first-order valence-corrected chi connectivity index (χ1v) is 9.55. The highest BCUT2D eigenvalue weighted by Crippen LogP contribution is 2.21. The number of rotatable bonds is 13. The summed E-state index contributed by atoms with van der Waals surface area (Å²) in [5, 5.41) is 0. The maximum Gasteiger partial charge on any atom is 0.697 e. The molecule has 0 radical (unpaired) electrons. The molecule has 0 aromatic rings. The van der Waals surface area contributed by atoms with Crippen molar-refractivity contribution in [2.45, 2.75) is 91.9 Å². The minimum atomic E-state index is -1.83. The highest BCUT2D eigenvalue weighted by Gasteiger charge is 2.15. The first-order chi connectivity index (χ1) is 9.72. The standard InChI is InChI=1S/C12H26.C4H10O3P/c1-3-5-7-9-11-12-10-8-6-4-2;1-3-6-8(5)7-4-2/h3-12H2,1-2H3;3-4H2,1-2H3/q;+1. The van der Waals surface area contributed by atoms with Gasteiger partial charge in [0.25, 0.3) is 0 Å². The molecule has 0 spiro atoms. The Balaban J connectivity index is 0. The molecule has 0 rings (SSSR count). The van der Waals surface area contributed by atoms with E-state index >= 15 is 0 Å². The van der Waals surface area contributed by atoms with E-state index in [0.717, 1.165) is 0 Å². The molecule has 0 saturated heterocycles. The predicted molar refractivity (Wildman–Crippen MR) is 88.4 cm³/mol. The Kier molecular flexibility index (Phi) is 23.8. The van der Waals surface area contributed by atoms with Crippen molar-refractivity contribution in [3.05, 3.63) is 0 Å². The van der Waals surface area contributed by atoms with Gasteiger partial charge in [-0.25, -0.2) is 0 Å². The van der Waals surface area contributed by atoms with Gasteiger partial charge in [0.1, 0.15) is 13.2 Å². The van der Waals surface area contributed by atoms with E-state index in [1.807, 2.05) is 0 Å². The van der Waals surface area contributed by atoms with Crippen LogP contribution < -0.4 is 0 Å². The smallest absolute Gasteiger partial charge is 0.119 e. The zero-order valence-corrected chi connectivity index (χ0v) is 15.1. The van der Waals surface area contributed by atoms with Crippen LogP contribution in [0.1, 0.15) is 91.9 Å². The minimum Gasteiger partial charge on any atom is -0.119 e. The van der Waals surface area contributed by atoms with Crippen LogP contribution in [0, 0.1) is 0 Å². The van der Waals surface area contributed by atoms with Gasteiger partial charge >= 0.3 is 8.25 Å². The zero-order chi connectivity index (χ0) is 15.5. The van der Waals surface area contributed by atoms with Crippen molar-refractivity contribution >= 4 is 8.25 Å². The van der Waals surface area contributed by atoms with Gasteiger partial charge in [-0.3, -0.25) is 0 Å². The summed E-state index contributed by atoms with van der Waals surface area (Å²) in [6, 6.07) is 0. The molecule has 0 bridgehead atoms. The third-order valence-corrected chi connectivity index (χ3v) is 3.86. The van der Waals surface area contributed by atoms with Gasteiger partial charge in [0.05, 0.1) is 0 Å². The lowest BCUT2D eigenvalue weighted by molar-refractivity contribution is 0.243. The molecule has 0 unspecified atom stereocenters. The Hall–Kier alpha value is 0.0200. The van der Waals surface area contributed by atoms with E-state index in [1.165, 1.54) is 64.2 Å². The molecule has 0 amide bonds. The van der Waals surface area contributed by atoms with Crippen molar-refractivity contribution in [3.63, 3.8) is 0 Å². The Morgan fingerprint density at radius 2 is 0.900 bits per heavy atom. The van der Waals surface area contributed by atoms with E-state index in [0.29, 0.717) is 13.2 Å². The average molecular weight is 307 g/mol. The normalized spacial score (nSPS) is 10.0. The second-order valence-corrected chi connectivity index (χ2v) is 5.85. The lowest BCUT2D eigenvalue weighted by atomic mass is 10.1. The summed E-state index contributed by atoms with van der Waals surface area (Å²) in [6.45, 7) is 8.98. The van der Waals surface area contributed by atoms with Gasteiger partial charge in [0.2, 0.25) is 0 Å². The zero-order valence-electron chi connectivity index (χ0n) is 14.2. The van der Waals surface area contributed by atoms with Crippen LogP contribution in [0.5, 0.6) is 0 Å². The molecular weight excluding hydrogens is 271 g/mol. The van der Waals surface area contributed by atoms with Crippen LogP contribution in [-0.4, -0.2) is 13.2 Å². The average Bonchev–Trinajstić information content (AvgIpc) is 2.43. The summed E-state index contributed by atoms with van der Waals surface area (Å²) < 4.78 is 19.5. The topological polar surface area (TPSA) is 35.5 Å². The number of hydrogen-bond acceptors (Lipinski definition) is 3. The molecule has 0 N–H and O–H groups in total. The second kappa shape index (κ2) is 21.3. The van der Waals surface area contributed by atoms with E-state index in [2.05, 4.69) is 22.9 Å². The molecule has 0 aromatic heterocycles. The quantitative estimate of drug-likeness (QED) is 0.282. The van der Waals surface area contributed by atoms with E-state index in [9.17, 15) is 4.57 Å². The third kappa shape index (κ3) is 23.1. The van der Waals surface area contributed by atoms with Crippen molar-refractivity contribution in [1.82, 2.24) is 0 Å². The van der Waals surface area contributed by atoms with Crippen LogP contribution in [0.3, 0.4) is 0 Å². The molecule has 122 valence electrons. The van der Waals surface area contributed by atoms with Crippen LogP contribution in [-0.2, 0) is 13.6 Å². The molecule has 0 saturated carbocycles. The van der Waals surface area contributed by atoms with Gasteiger partial charge in [-0.05, 0) is 13.8 Å². The lowest BCUT2D eigenvalue weighted by Crippen LogP contribution is -1.81. The Morgan fingerprint density at radius 3 is 1.15 bits per heavy atom. The summed E-state index contributed by atoms with van der Waals surface area (Å²) in [7, 11) is -1.83. The first-order valence-electron chi connectivity index (χ1n) is 8.45. The van der Waals surface area contributed by atoms with Gasteiger partial charge in [-0.1, -0.05) is 78.1 Å². The summed E-state index contributed by atoms with van der Waals surface area (Å²) >= 11 is 0. The Bertz CT molecular complexity index is 169. The fourth-order valence-corrected chi connectivity index (χ4v) is 2.30. The number of unbranched alkanes of at least 4 members (excludes halogenated alkanes) is 9. The van der Waals surface area contributed by atoms with Crippen molar-refractivity contribution in [2.75, 3.05) is 13.2 Å². The molecule has 0 aliphatic rings. The van der Waals surface area contributed by atoms with Crippen LogP contribution in [0.25, 0.3) is 0 Å². The molecule has 0 aromatic carbocycles. The van der Waals surface area contributed by atoms with Crippen LogP contribution in [0.2, 0.25) is 0 Å². The third-order valence-electron chi connectivity index (χ3n) is 2.93. The molecule has 0 aliphatic carbocycles. The molecule has 0 aliphatic heterocycles. The fourth-order valence-electron chi connectivity index (χ4n) is 1.81. The van der Waals surface area contributed by atoms with E-state index in [-0.39, 0.29) is 0 Å². The van der Waals surface area contributed by atoms with Crippen molar-refractivity contribution in [2.24, 2.45) is 0 Å². The predicted octanol–water partition coefficient (Wildman–Crippen LogP) is 6.64. The maximum absolute atomic E-state index is 10.3. The monoisotopic (exact) mass is 307 g/mol. The lowest BCUT2D eigenvalue weighted by Gasteiger charge is -1.99. The van der Waals surface area contributed by atoms with Gasteiger partial charge in [0, 0.05) is 4.57 Å². The van der Waals surface area contributed by atoms with Crippen molar-refractivity contribution < 1.29 is 13.6 Å². The molecule has 0 atom stereocenters.